The highest BCUT2D eigenvalue weighted by Gasteiger charge is 2.27. The fourth-order valence-electron chi connectivity index (χ4n) is 1.71. The number of nitrogens with one attached hydrogen (secondary N) is 1. The molecule has 0 aliphatic carbocycles. The van der Waals surface area contributed by atoms with Crippen LogP contribution in [0.2, 0.25) is 0 Å². The van der Waals surface area contributed by atoms with E-state index in [0.29, 0.717) is 13.3 Å². The van der Waals surface area contributed by atoms with Crippen molar-refractivity contribution >= 4 is 12.1 Å². The van der Waals surface area contributed by atoms with Gasteiger partial charge in [0.15, 0.2) is 6.29 Å². The molecule has 128 valence electrons. The van der Waals surface area contributed by atoms with Crippen LogP contribution >= 0.6 is 0 Å². The Kier molecular flexibility index (Phi) is 8.10. The molecule has 0 aromatic heterocycles. The SMILES string of the molecule is CC(C)OC(COC(=O)NCCC(=O)O)OC1COCN1C. The van der Waals surface area contributed by atoms with Crippen LogP contribution in [0.1, 0.15) is 20.3 Å². The molecule has 0 aromatic carbocycles. The molecular weight excluding hydrogens is 296 g/mol. The largest absolute Gasteiger partial charge is 0.481 e. The highest BCUT2D eigenvalue weighted by Crippen LogP contribution is 2.12. The van der Waals surface area contributed by atoms with Crippen molar-refractivity contribution in [2.45, 2.75) is 38.9 Å². The first-order valence-corrected chi connectivity index (χ1v) is 7.09. The zero-order valence-corrected chi connectivity index (χ0v) is 13.1. The number of carboxylic acid groups (broad SMARTS) is 1. The van der Waals surface area contributed by atoms with Gasteiger partial charge in [-0.15, -0.1) is 0 Å². The number of nitrogens with zero attached hydrogens (tertiary/aromatic N) is 1. The molecule has 9 heteroatoms. The van der Waals surface area contributed by atoms with E-state index in [2.05, 4.69) is 5.32 Å². The molecular formula is C13H24N2O7. The number of ether oxygens (including phenoxy) is 4. The second-order valence-electron chi connectivity index (χ2n) is 5.13. The Hall–Kier alpha value is -1.42. The average molecular weight is 320 g/mol. The number of carboxylic acids is 1. The third-order valence-corrected chi connectivity index (χ3v) is 2.74. The quantitative estimate of drug-likeness (QED) is 0.580. The van der Waals surface area contributed by atoms with Crippen LogP contribution in [0, 0.1) is 0 Å². The van der Waals surface area contributed by atoms with Crippen LogP contribution in [0.25, 0.3) is 0 Å². The van der Waals surface area contributed by atoms with E-state index in [1.807, 2.05) is 25.8 Å². The number of hydrogen-bond donors (Lipinski definition) is 2. The van der Waals surface area contributed by atoms with Gasteiger partial charge in [0.25, 0.3) is 0 Å². The van der Waals surface area contributed by atoms with Gasteiger partial charge < -0.3 is 29.4 Å². The van der Waals surface area contributed by atoms with Crippen molar-refractivity contribution in [2.24, 2.45) is 0 Å². The van der Waals surface area contributed by atoms with Gasteiger partial charge in [-0.2, -0.15) is 0 Å². The number of carbonyl (C=O) groups excluding carboxylic acids is 1. The fraction of sp³-hybridized carbons (Fsp3) is 0.846. The lowest BCUT2D eigenvalue weighted by Gasteiger charge is -2.26. The predicted molar refractivity (Wildman–Crippen MR) is 75.1 cm³/mol. The predicted octanol–water partition coefficient (Wildman–Crippen LogP) is 0.201. The van der Waals surface area contributed by atoms with Crippen molar-refractivity contribution in [3.63, 3.8) is 0 Å². The molecule has 0 radical (unpaired) electrons. The van der Waals surface area contributed by atoms with Gasteiger partial charge in [-0.1, -0.05) is 0 Å². The molecule has 9 nitrogen and oxygen atoms in total. The summed E-state index contributed by atoms with van der Waals surface area (Å²) in [6, 6.07) is 0. The maximum absolute atomic E-state index is 11.4. The fourth-order valence-corrected chi connectivity index (χ4v) is 1.71. The Labute approximate surface area is 129 Å². The molecule has 2 atom stereocenters. The first-order chi connectivity index (χ1) is 10.4. The van der Waals surface area contributed by atoms with Gasteiger partial charge in [0, 0.05) is 6.54 Å². The number of amides is 1. The number of likely N-dealkylation sites (N-methyl/N-ethyl adjacent to an activating group) is 1. The average Bonchev–Trinajstić information content (AvgIpc) is 2.80. The lowest BCUT2D eigenvalue weighted by Crippen LogP contribution is -2.39. The molecule has 2 unspecified atom stereocenters. The van der Waals surface area contributed by atoms with E-state index in [4.69, 9.17) is 24.1 Å². The summed E-state index contributed by atoms with van der Waals surface area (Å²) in [6.07, 6.45) is -1.96. The zero-order chi connectivity index (χ0) is 16.5. The molecule has 1 rings (SSSR count). The van der Waals surface area contributed by atoms with Gasteiger partial charge in [0.1, 0.15) is 19.6 Å². The van der Waals surface area contributed by atoms with Crippen molar-refractivity contribution in [2.75, 3.05) is 33.5 Å². The summed E-state index contributed by atoms with van der Waals surface area (Å²) in [4.78, 5) is 23.7. The number of aliphatic carboxylic acids is 1. The molecule has 0 bridgehead atoms. The van der Waals surface area contributed by atoms with Crippen LogP contribution in [-0.4, -0.2) is 74.2 Å². The first-order valence-electron chi connectivity index (χ1n) is 7.09. The monoisotopic (exact) mass is 320 g/mol. The summed E-state index contributed by atoms with van der Waals surface area (Å²) < 4.78 is 21.5. The van der Waals surface area contributed by atoms with E-state index < -0.39 is 18.4 Å². The minimum atomic E-state index is -0.992. The maximum atomic E-state index is 11.4. The summed E-state index contributed by atoms with van der Waals surface area (Å²) in [6.45, 7) is 4.48. The van der Waals surface area contributed by atoms with Crippen LogP contribution in [0.4, 0.5) is 4.79 Å². The van der Waals surface area contributed by atoms with Crippen LogP contribution in [0.15, 0.2) is 0 Å². The number of carbonyl (C=O) groups is 2. The van der Waals surface area contributed by atoms with Crippen LogP contribution in [0.3, 0.4) is 0 Å². The Balaban J connectivity index is 2.34. The van der Waals surface area contributed by atoms with Crippen molar-refractivity contribution in [1.82, 2.24) is 10.2 Å². The summed E-state index contributed by atoms with van der Waals surface area (Å²) in [5.41, 5.74) is 0. The van der Waals surface area contributed by atoms with Crippen molar-refractivity contribution in [1.29, 1.82) is 0 Å². The minimum absolute atomic E-state index is 0.00390. The molecule has 22 heavy (non-hydrogen) atoms. The van der Waals surface area contributed by atoms with E-state index >= 15 is 0 Å². The zero-order valence-electron chi connectivity index (χ0n) is 13.1. The lowest BCUT2D eigenvalue weighted by atomic mass is 10.4. The summed E-state index contributed by atoms with van der Waals surface area (Å²) >= 11 is 0. The van der Waals surface area contributed by atoms with Crippen LogP contribution < -0.4 is 5.32 Å². The van der Waals surface area contributed by atoms with Gasteiger partial charge in [0.05, 0.1) is 19.1 Å². The normalized spacial score (nSPS) is 20.1. The Morgan fingerprint density at radius 2 is 2.18 bits per heavy atom. The van der Waals surface area contributed by atoms with Crippen molar-refractivity contribution in [3.05, 3.63) is 0 Å². The van der Waals surface area contributed by atoms with Gasteiger partial charge in [-0.25, -0.2) is 4.79 Å². The first kappa shape index (κ1) is 18.6. The third-order valence-electron chi connectivity index (χ3n) is 2.74. The molecule has 1 heterocycles. The van der Waals surface area contributed by atoms with Crippen LogP contribution in [0.5, 0.6) is 0 Å². The Bertz CT molecular complexity index is 364. The summed E-state index contributed by atoms with van der Waals surface area (Å²) in [7, 11) is 1.85. The van der Waals surface area contributed by atoms with Gasteiger partial charge >= 0.3 is 12.1 Å². The summed E-state index contributed by atoms with van der Waals surface area (Å²) in [5, 5.41) is 10.8. The number of rotatable bonds is 9. The highest BCUT2D eigenvalue weighted by molar-refractivity contribution is 5.70. The van der Waals surface area contributed by atoms with E-state index in [0.717, 1.165) is 0 Å². The smallest absolute Gasteiger partial charge is 0.407 e. The second kappa shape index (κ2) is 9.57. The molecule has 1 aliphatic rings. The molecule has 1 fully saturated rings. The molecule has 1 aliphatic heterocycles. The van der Waals surface area contributed by atoms with Crippen molar-refractivity contribution < 1.29 is 33.6 Å². The topological polar surface area (TPSA) is 107 Å². The summed E-state index contributed by atoms with van der Waals surface area (Å²) in [5.74, 6) is -0.992. The highest BCUT2D eigenvalue weighted by atomic mass is 16.7. The number of alkyl carbamates (subject to hydrolysis) is 1. The molecule has 2 N–H and O–H groups in total. The van der Waals surface area contributed by atoms with Gasteiger partial charge in [0.2, 0.25) is 0 Å². The maximum Gasteiger partial charge on any atom is 0.407 e. The lowest BCUT2D eigenvalue weighted by molar-refractivity contribution is -0.221. The standard InChI is InChI=1S/C13H24N2O7/c1-9(2)21-12(22-10-6-19-8-15(10)3)7-20-13(18)14-5-4-11(16)17/h9-10,12H,4-8H2,1-3H3,(H,14,18)(H,16,17). The van der Waals surface area contributed by atoms with Gasteiger partial charge in [-0.3, -0.25) is 9.69 Å². The Morgan fingerprint density at radius 1 is 1.45 bits per heavy atom. The van der Waals surface area contributed by atoms with Gasteiger partial charge in [-0.05, 0) is 20.9 Å². The van der Waals surface area contributed by atoms with E-state index in [-0.39, 0.29) is 31.9 Å². The van der Waals surface area contributed by atoms with Crippen molar-refractivity contribution in [3.8, 4) is 0 Å². The number of hydrogen-bond acceptors (Lipinski definition) is 7. The molecule has 0 saturated carbocycles. The van der Waals surface area contributed by atoms with E-state index in [1.165, 1.54) is 0 Å². The van der Waals surface area contributed by atoms with Crippen LogP contribution in [-0.2, 0) is 23.7 Å². The second-order valence-corrected chi connectivity index (χ2v) is 5.13. The molecule has 1 amide bonds. The molecule has 0 spiro atoms. The Morgan fingerprint density at radius 3 is 2.73 bits per heavy atom. The van der Waals surface area contributed by atoms with E-state index in [1.54, 1.807) is 0 Å². The minimum Gasteiger partial charge on any atom is -0.481 e. The molecule has 1 saturated heterocycles. The third kappa shape index (κ3) is 7.55. The molecule has 0 aromatic rings. The van der Waals surface area contributed by atoms with E-state index in [9.17, 15) is 9.59 Å².